The van der Waals surface area contributed by atoms with Gasteiger partial charge in [-0.2, -0.15) is 5.26 Å². The van der Waals surface area contributed by atoms with Crippen LogP contribution in [-0.2, 0) is 29.2 Å². The van der Waals surface area contributed by atoms with Crippen molar-refractivity contribution in [2.24, 2.45) is 0 Å². The Labute approximate surface area is 209 Å². The van der Waals surface area contributed by atoms with Gasteiger partial charge in [-0.1, -0.05) is 36.4 Å². The topological polar surface area (TPSA) is 94.5 Å². The summed E-state index contributed by atoms with van der Waals surface area (Å²) in [4.78, 5) is 27.6. The molecule has 7 nitrogen and oxygen atoms in total. The summed E-state index contributed by atoms with van der Waals surface area (Å²) in [5.41, 5.74) is 4.69. The van der Waals surface area contributed by atoms with Crippen LogP contribution in [0.15, 0.2) is 60.7 Å². The van der Waals surface area contributed by atoms with Gasteiger partial charge in [0.1, 0.15) is 5.82 Å². The van der Waals surface area contributed by atoms with Crippen molar-refractivity contribution in [2.45, 2.75) is 39.7 Å². The minimum absolute atomic E-state index is 0.127. The number of anilines is 1. The highest BCUT2D eigenvalue weighted by atomic mass is 19.1. The number of halogens is 1. The highest BCUT2D eigenvalue weighted by Crippen LogP contribution is 2.28. The number of fused-ring (bicyclic) bond motifs is 1. The zero-order chi connectivity index (χ0) is 25.7. The average molecular weight is 487 g/mol. The van der Waals surface area contributed by atoms with E-state index < -0.39 is 12.1 Å². The summed E-state index contributed by atoms with van der Waals surface area (Å²) in [5.74, 6) is -1.02. The van der Waals surface area contributed by atoms with Crippen LogP contribution in [0.2, 0.25) is 0 Å². The van der Waals surface area contributed by atoms with Crippen molar-refractivity contribution in [3.8, 4) is 6.07 Å². The number of hydrogen-bond donors (Lipinski definition) is 2. The average Bonchev–Trinajstić information content (AvgIpc) is 3.22. The van der Waals surface area contributed by atoms with E-state index in [-0.39, 0.29) is 31.4 Å². The molecule has 0 aliphatic carbocycles. The molecule has 0 saturated heterocycles. The molecule has 1 aliphatic heterocycles. The number of rotatable bonds is 9. The third-order valence-electron chi connectivity index (χ3n) is 6.18. The first-order valence-corrected chi connectivity index (χ1v) is 11.7. The minimum Gasteiger partial charge on any atom is -0.381 e. The van der Waals surface area contributed by atoms with Gasteiger partial charge < -0.3 is 20.3 Å². The van der Waals surface area contributed by atoms with Crippen LogP contribution in [-0.4, -0.2) is 29.5 Å². The maximum absolute atomic E-state index is 14.1. The van der Waals surface area contributed by atoms with Gasteiger partial charge in [0, 0.05) is 36.5 Å². The van der Waals surface area contributed by atoms with E-state index in [1.807, 2.05) is 19.1 Å². The van der Waals surface area contributed by atoms with Crippen molar-refractivity contribution >= 4 is 17.5 Å². The molecule has 4 rings (SSSR count). The van der Waals surface area contributed by atoms with Crippen LogP contribution in [0.4, 0.5) is 10.1 Å². The largest absolute Gasteiger partial charge is 0.381 e. The molecule has 0 aromatic heterocycles. The summed E-state index contributed by atoms with van der Waals surface area (Å²) < 4.78 is 19.8. The summed E-state index contributed by atoms with van der Waals surface area (Å²) in [7, 11) is 0. The van der Waals surface area contributed by atoms with E-state index in [0.717, 1.165) is 11.1 Å². The zero-order valence-corrected chi connectivity index (χ0v) is 20.2. The van der Waals surface area contributed by atoms with Crippen molar-refractivity contribution in [1.82, 2.24) is 10.2 Å². The predicted molar refractivity (Wildman–Crippen MR) is 133 cm³/mol. The summed E-state index contributed by atoms with van der Waals surface area (Å²) in [5, 5.41) is 15.3. The van der Waals surface area contributed by atoms with Gasteiger partial charge in [0.05, 0.1) is 18.2 Å². The number of carbonyl (C=O) groups is 2. The summed E-state index contributed by atoms with van der Waals surface area (Å²) in [6, 6.07) is 19.1. The Balaban J connectivity index is 1.49. The van der Waals surface area contributed by atoms with Crippen molar-refractivity contribution in [2.75, 3.05) is 11.9 Å². The first-order valence-electron chi connectivity index (χ1n) is 11.7. The Morgan fingerprint density at radius 2 is 1.94 bits per heavy atom. The second-order valence-electron chi connectivity index (χ2n) is 8.49. The standard InChI is InChI=1S/C28H27FN4O3/c1-3-36-28(33-17-23-18(2)7-6-9-22(23)27(33)35)26(34)32-16-21-12-11-19(14-30)13-25(21)31-15-20-8-4-5-10-24(20)29/h4-13,28,31H,3,15-17H2,1-2H3,(H,32,34)/t28-/m0/s1. The van der Waals surface area contributed by atoms with Crippen LogP contribution in [0.5, 0.6) is 0 Å². The molecule has 0 spiro atoms. The molecule has 3 aromatic rings. The Morgan fingerprint density at radius 3 is 2.67 bits per heavy atom. The van der Waals surface area contributed by atoms with Crippen molar-refractivity contribution in [3.63, 3.8) is 0 Å². The maximum Gasteiger partial charge on any atom is 0.270 e. The molecule has 1 aliphatic rings. The lowest BCUT2D eigenvalue weighted by atomic mass is 10.1. The number of aryl methyl sites for hydroxylation is 1. The Hall–Kier alpha value is -4.22. The fraction of sp³-hybridized carbons (Fsp3) is 0.250. The smallest absolute Gasteiger partial charge is 0.270 e. The summed E-state index contributed by atoms with van der Waals surface area (Å²) in [6.45, 7) is 4.59. The number of nitrogens with one attached hydrogen (secondary N) is 2. The summed E-state index contributed by atoms with van der Waals surface area (Å²) >= 11 is 0. The van der Waals surface area contributed by atoms with Gasteiger partial charge in [0.2, 0.25) is 6.23 Å². The lowest BCUT2D eigenvalue weighted by Crippen LogP contribution is -2.48. The molecule has 0 saturated carbocycles. The van der Waals surface area contributed by atoms with Crippen LogP contribution in [0.1, 0.15) is 45.1 Å². The van der Waals surface area contributed by atoms with Gasteiger partial charge in [-0.25, -0.2) is 4.39 Å². The van der Waals surface area contributed by atoms with Gasteiger partial charge in [-0.15, -0.1) is 0 Å². The third-order valence-corrected chi connectivity index (χ3v) is 6.18. The maximum atomic E-state index is 14.1. The predicted octanol–water partition coefficient (Wildman–Crippen LogP) is 4.25. The SMILES string of the molecule is CCO[C@@H](C(=O)NCc1ccc(C#N)cc1NCc1ccccc1F)N1Cc2c(C)cccc2C1=O. The number of carbonyl (C=O) groups excluding carboxylic acids is 2. The zero-order valence-electron chi connectivity index (χ0n) is 20.2. The molecular weight excluding hydrogens is 459 g/mol. The molecule has 2 N–H and O–H groups in total. The monoisotopic (exact) mass is 486 g/mol. The van der Waals surface area contributed by atoms with E-state index in [9.17, 15) is 19.2 Å². The van der Waals surface area contributed by atoms with E-state index >= 15 is 0 Å². The van der Waals surface area contributed by atoms with E-state index in [1.54, 1.807) is 49.4 Å². The van der Waals surface area contributed by atoms with Crippen LogP contribution in [0.3, 0.4) is 0 Å². The Kier molecular flexibility index (Phi) is 7.62. The van der Waals surface area contributed by atoms with Gasteiger partial charge in [-0.05, 0) is 54.8 Å². The molecule has 0 unspecified atom stereocenters. The van der Waals surface area contributed by atoms with Crippen molar-refractivity contribution < 1.29 is 18.7 Å². The lowest BCUT2D eigenvalue weighted by Gasteiger charge is -2.26. The normalized spacial score (nSPS) is 13.2. The Bertz CT molecular complexity index is 1330. The van der Waals surface area contributed by atoms with E-state index in [4.69, 9.17) is 4.74 Å². The number of ether oxygens (including phenoxy) is 1. The van der Waals surface area contributed by atoms with Gasteiger partial charge in [0.15, 0.2) is 0 Å². The number of benzene rings is 3. The lowest BCUT2D eigenvalue weighted by molar-refractivity contribution is -0.143. The van der Waals surface area contributed by atoms with E-state index in [1.165, 1.54) is 11.0 Å². The second kappa shape index (κ2) is 11.0. The quantitative estimate of drug-likeness (QED) is 0.472. The molecule has 3 aromatic carbocycles. The first kappa shape index (κ1) is 24.9. The van der Waals surface area contributed by atoms with Gasteiger partial charge >= 0.3 is 0 Å². The number of hydrogen-bond acceptors (Lipinski definition) is 5. The van der Waals surface area contributed by atoms with Crippen molar-refractivity contribution in [1.29, 1.82) is 5.26 Å². The third kappa shape index (κ3) is 5.21. The molecule has 0 radical (unpaired) electrons. The molecule has 0 bridgehead atoms. The van der Waals surface area contributed by atoms with Crippen LogP contribution < -0.4 is 10.6 Å². The Morgan fingerprint density at radius 1 is 1.14 bits per heavy atom. The minimum atomic E-state index is -1.08. The summed E-state index contributed by atoms with van der Waals surface area (Å²) in [6.07, 6.45) is -1.08. The molecule has 36 heavy (non-hydrogen) atoms. The molecule has 0 fully saturated rings. The van der Waals surface area contributed by atoms with E-state index in [2.05, 4.69) is 16.7 Å². The van der Waals surface area contributed by atoms with E-state index in [0.29, 0.717) is 34.5 Å². The van der Waals surface area contributed by atoms with Gasteiger partial charge in [0.25, 0.3) is 11.8 Å². The fourth-order valence-electron chi connectivity index (χ4n) is 4.23. The number of nitrogens with zero attached hydrogens (tertiary/aromatic N) is 2. The van der Waals surface area contributed by atoms with Crippen LogP contribution in [0, 0.1) is 24.1 Å². The van der Waals surface area contributed by atoms with Crippen LogP contribution in [0.25, 0.3) is 0 Å². The molecule has 184 valence electrons. The second-order valence-corrected chi connectivity index (χ2v) is 8.49. The number of amides is 2. The molecule has 2 amide bonds. The highest BCUT2D eigenvalue weighted by Gasteiger charge is 2.37. The molecule has 8 heteroatoms. The fourth-order valence-corrected chi connectivity index (χ4v) is 4.23. The first-order chi connectivity index (χ1) is 17.4. The molecule has 1 heterocycles. The van der Waals surface area contributed by atoms with Crippen molar-refractivity contribution in [3.05, 3.63) is 99.9 Å². The molecule has 1 atom stereocenters. The number of nitriles is 1. The molecular formula is C28H27FN4O3. The highest BCUT2D eigenvalue weighted by molar-refractivity contribution is 6.01. The van der Waals surface area contributed by atoms with Crippen LogP contribution >= 0.6 is 0 Å². The van der Waals surface area contributed by atoms with Gasteiger partial charge in [-0.3, -0.25) is 9.59 Å².